The van der Waals surface area contributed by atoms with Gasteiger partial charge in [-0.1, -0.05) is 0 Å². The van der Waals surface area contributed by atoms with Gasteiger partial charge in [0, 0.05) is 6.54 Å². The van der Waals surface area contributed by atoms with E-state index in [9.17, 15) is 9.59 Å². The molecule has 0 saturated carbocycles. The third-order valence-corrected chi connectivity index (χ3v) is 3.13. The van der Waals surface area contributed by atoms with Crippen LogP contribution in [0.2, 0.25) is 0 Å². The Kier molecular flexibility index (Phi) is 5.57. The SMILES string of the molecule is CCNC(=O)NC(=O)[C@@H](C)N(C)[C@H](C)c1ccco1. The van der Waals surface area contributed by atoms with Crippen LogP contribution in [0.5, 0.6) is 0 Å². The molecule has 0 aliphatic heterocycles. The van der Waals surface area contributed by atoms with Crippen molar-refractivity contribution in [3.8, 4) is 0 Å². The summed E-state index contributed by atoms with van der Waals surface area (Å²) in [6.45, 7) is 5.95. The van der Waals surface area contributed by atoms with Crippen molar-refractivity contribution < 1.29 is 14.0 Å². The molecule has 0 saturated heterocycles. The van der Waals surface area contributed by atoms with Gasteiger partial charge in [-0.05, 0) is 40.0 Å². The van der Waals surface area contributed by atoms with E-state index in [2.05, 4.69) is 10.6 Å². The van der Waals surface area contributed by atoms with Crippen molar-refractivity contribution in [3.05, 3.63) is 24.2 Å². The van der Waals surface area contributed by atoms with Gasteiger partial charge in [0.25, 0.3) is 0 Å². The van der Waals surface area contributed by atoms with Gasteiger partial charge in [-0.2, -0.15) is 0 Å². The van der Waals surface area contributed by atoms with E-state index in [0.717, 1.165) is 5.76 Å². The van der Waals surface area contributed by atoms with Gasteiger partial charge in [-0.15, -0.1) is 0 Å². The molecule has 2 atom stereocenters. The maximum absolute atomic E-state index is 11.9. The molecule has 2 N–H and O–H groups in total. The average molecular weight is 267 g/mol. The number of rotatable bonds is 5. The van der Waals surface area contributed by atoms with Crippen molar-refractivity contribution in [3.63, 3.8) is 0 Å². The minimum Gasteiger partial charge on any atom is -0.468 e. The molecule has 0 spiro atoms. The molecule has 1 aromatic rings. The van der Waals surface area contributed by atoms with Crippen molar-refractivity contribution in [1.29, 1.82) is 0 Å². The van der Waals surface area contributed by atoms with Crippen LogP contribution in [0.3, 0.4) is 0 Å². The van der Waals surface area contributed by atoms with Gasteiger partial charge in [0.2, 0.25) is 5.91 Å². The molecule has 0 aliphatic rings. The van der Waals surface area contributed by atoms with Crippen LogP contribution in [-0.2, 0) is 4.79 Å². The van der Waals surface area contributed by atoms with Gasteiger partial charge < -0.3 is 9.73 Å². The van der Waals surface area contributed by atoms with Crippen LogP contribution in [-0.4, -0.2) is 36.5 Å². The minimum atomic E-state index is -0.474. The number of carbonyl (C=O) groups excluding carboxylic acids is 2. The third-order valence-electron chi connectivity index (χ3n) is 3.13. The Hall–Kier alpha value is -1.82. The van der Waals surface area contributed by atoms with Crippen LogP contribution in [0.25, 0.3) is 0 Å². The summed E-state index contributed by atoms with van der Waals surface area (Å²) in [6.07, 6.45) is 1.60. The number of nitrogens with zero attached hydrogens (tertiary/aromatic N) is 1. The average Bonchev–Trinajstić information content (AvgIpc) is 2.90. The molecule has 0 unspecified atom stereocenters. The first-order valence-electron chi connectivity index (χ1n) is 6.31. The van der Waals surface area contributed by atoms with Crippen molar-refractivity contribution in [2.75, 3.05) is 13.6 Å². The molecule has 6 nitrogen and oxygen atoms in total. The zero-order chi connectivity index (χ0) is 14.4. The smallest absolute Gasteiger partial charge is 0.321 e. The normalized spacial score (nSPS) is 13.9. The summed E-state index contributed by atoms with van der Waals surface area (Å²) in [7, 11) is 1.81. The lowest BCUT2D eigenvalue weighted by atomic mass is 10.1. The molecular weight excluding hydrogens is 246 g/mol. The minimum absolute atomic E-state index is 0.0509. The summed E-state index contributed by atoms with van der Waals surface area (Å²) < 4.78 is 5.31. The molecule has 1 aromatic heterocycles. The van der Waals surface area contributed by atoms with Gasteiger partial charge in [-0.25, -0.2) is 4.79 Å². The maximum atomic E-state index is 11.9. The van der Waals surface area contributed by atoms with Crippen LogP contribution in [0.1, 0.15) is 32.6 Å². The standard InChI is InChI=1S/C13H21N3O3/c1-5-14-13(18)15-12(17)10(3)16(4)9(2)11-7-6-8-19-11/h6-10H,5H2,1-4H3,(H2,14,15,17,18)/t9-,10-/m1/s1. The molecule has 19 heavy (non-hydrogen) atoms. The lowest BCUT2D eigenvalue weighted by Gasteiger charge is -2.28. The number of hydrogen-bond acceptors (Lipinski definition) is 4. The van der Waals surface area contributed by atoms with Gasteiger partial charge in [0.1, 0.15) is 5.76 Å². The predicted molar refractivity (Wildman–Crippen MR) is 71.6 cm³/mol. The summed E-state index contributed by atoms with van der Waals surface area (Å²) in [6, 6.07) is 2.69. The molecular formula is C13H21N3O3. The molecule has 0 aliphatic carbocycles. The van der Waals surface area contributed by atoms with Crippen LogP contribution >= 0.6 is 0 Å². The van der Waals surface area contributed by atoms with Crippen LogP contribution in [0.15, 0.2) is 22.8 Å². The van der Waals surface area contributed by atoms with Crippen LogP contribution in [0.4, 0.5) is 4.79 Å². The van der Waals surface area contributed by atoms with E-state index in [1.54, 1.807) is 26.2 Å². The highest BCUT2D eigenvalue weighted by molar-refractivity contribution is 5.96. The summed E-state index contributed by atoms with van der Waals surface area (Å²) in [5.41, 5.74) is 0. The lowest BCUT2D eigenvalue weighted by molar-refractivity contribution is -0.125. The highest BCUT2D eigenvalue weighted by Gasteiger charge is 2.25. The second-order valence-electron chi connectivity index (χ2n) is 4.38. The fraction of sp³-hybridized carbons (Fsp3) is 0.538. The van der Waals surface area contributed by atoms with Crippen molar-refractivity contribution >= 4 is 11.9 Å². The molecule has 1 heterocycles. The van der Waals surface area contributed by atoms with Crippen molar-refractivity contribution in [1.82, 2.24) is 15.5 Å². The maximum Gasteiger partial charge on any atom is 0.321 e. The molecule has 0 aromatic carbocycles. The summed E-state index contributed by atoms with van der Waals surface area (Å²) in [5.74, 6) is 0.437. The zero-order valence-corrected chi connectivity index (χ0v) is 11.8. The predicted octanol–water partition coefficient (Wildman–Crippen LogP) is 1.51. The van der Waals surface area contributed by atoms with E-state index in [1.165, 1.54) is 0 Å². The Labute approximate surface area is 113 Å². The number of carbonyl (C=O) groups is 2. The van der Waals surface area contributed by atoms with E-state index < -0.39 is 12.1 Å². The Morgan fingerprint density at radius 1 is 1.42 bits per heavy atom. The Balaban J connectivity index is 2.58. The van der Waals surface area contributed by atoms with Crippen LogP contribution in [0, 0.1) is 0 Å². The fourth-order valence-electron chi connectivity index (χ4n) is 1.67. The number of urea groups is 1. The number of furan rings is 1. The van der Waals surface area contributed by atoms with Gasteiger partial charge in [0.15, 0.2) is 0 Å². The summed E-state index contributed by atoms with van der Waals surface area (Å²) in [5, 5.41) is 4.82. The van der Waals surface area contributed by atoms with E-state index in [1.807, 2.05) is 24.9 Å². The third kappa shape index (κ3) is 4.10. The summed E-state index contributed by atoms with van der Waals surface area (Å²) >= 11 is 0. The lowest BCUT2D eigenvalue weighted by Crippen LogP contribution is -2.49. The van der Waals surface area contributed by atoms with E-state index in [4.69, 9.17) is 4.42 Å². The van der Waals surface area contributed by atoms with Gasteiger partial charge in [0.05, 0.1) is 18.3 Å². The molecule has 0 fully saturated rings. The van der Waals surface area contributed by atoms with Crippen molar-refractivity contribution in [2.45, 2.75) is 32.9 Å². The Bertz CT molecular complexity index is 417. The number of amides is 3. The van der Waals surface area contributed by atoms with E-state index >= 15 is 0 Å². The molecule has 6 heteroatoms. The number of likely N-dealkylation sites (N-methyl/N-ethyl adjacent to an activating group) is 1. The van der Waals surface area contributed by atoms with Crippen LogP contribution < -0.4 is 10.6 Å². The molecule has 3 amide bonds. The molecule has 106 valence electrons. The number of hydrogen-bond donors (Lipinski definition) is 2. The van der Waals surface area contributed by atoms with Gasteiger partial charge >= 0.3 is 6.03 Å². The number of nitrogens with one attached hydrogen (secondary N) is 2. The van der Waals surface area contributed by atoms with E-state index in [-0.39, 0.29) is 11.9 Å². The Morgan fingerprint density at radius 3 is 2.63 bits per heavy atom. The van der Waals surface area contributed by atoms with Gasteiger partial charge in [-0.3, -0.25) is 15.0 Å². The fourth-order valence-corrected chi connectivity index (χ4v) is 1.67. The largest absolute Gasteiger partial charge is 0.468 e. The van der Waals surface area contributed by atoms with E-state index in [0.29, 0.717) is 6.54 Å². The molecule has 0 radical (unpaired) electrons. The Morgan fingerprint density at radius 2 is 2.11 bits per heavy atom. The number of imide groups is 1. The molecule has 1 rings (SSSR count). The monoisotopic (exact) mass is 267 g/mol. The highest BCUT2D eigenvalue weighted by Crippen LogP contribution is 2.20. The zero-order valence-electron chi connectivity index (χ0n) is 11.8. The highest BCUT2D eigenvalue weighted by atomic mass is 16.3. The first kappa shape index (κ1) is 15.2. The topological polar surface area (TPSA) is 74.6 Å². The quantitative estimate of drug-likeness (QED) is 0.848. The molecule has 0 bridgehead atoms. The summed E-state index contributed by atoms with van der Waals surface area (Å²) in [4.78, 5) is 25.0. The second-order valence-corrected chi connectivity index (χ2v) is 4.38. The first-order chi connectivity index (χ1) is 8.97. The van der Waals surface area contributed by atoms with Crippen molar-refractivity contribution in [2.24, 2.45) is 0 Å². The first-order valence-corrected chi connectivity index (χ1v) is 6.31. The second kappa shape index (κ2) is 6.94.